The Hall–Kier alpha value is -2.78. The molecule has 11 heteroatoms. The molecule has 0 spiro atoms. The summed E-state index contributed by atoms with van der Waals surface area (Å²) in [5.74, 6) is 0.265. The molecular weight excluding hydrogens is 555 g/mol. The van der Waals surface area contributed by atoms with Gasteiger partial charge in [0.2, 0.25) is 5.91 Å². The molecule has 1 aromatic heterocycles. The van der Waals surface area contributed by atoms with E-state index in [9.17, 15) is 9.59 Å². The number of carbonyl (C=O) groups is 2. The van der Waals surface area contributed by atoms with E-state index in [0.717, 1.165) is 12.1 Å². The first-order chi connectivity index (χ1) is 17.7. The van der Waals surface area contributed by atoms with Crippen LogP contribution in [0.4, 0.5) is 11.4 Å². The van der Waals surface area contributed by atoms with E-state index < -0.39 is 5.91 Å². The highest BCUT2D eigenvalue weighted by Crippen LogP contribution is 2.31. The second-order valence-corrected chi connectivity index (χ2v) is 10.1. The van der Waals surface area contributed by atoms with Gasteiger partial charge in [-0.2, -0.15) is 0 Å². The molecule has 37 heavy (non-hydrogen) atoms. The van der Waals surface area contributed by atoms with Gasteiger partial charge < -0.3 is 19.5 Å². The van der Waals surface area contributed by atoms with Crippen molar-refractivity contribution in [3.63, 3.8) is 0 Å². The zero-order valence-corrected chi connectivity index (χ0v) is 23.1. The first-order valence-corrected chi connectivity index (χ1v) is 13.3. The average molecular weight is 580 g/mol. The summed E-state index contributed by atoms with van der Waals surface area (Å²) >= 11 is 23.9. The van der Waals surface area contributed by atoms with Crippen molar-refractivity contribution in [2.24, 2.45) is 0 Å². The third kappa shape index (κ3) is 6.76. The van der Waals surface area contributed by atoms with Gasteiger partial charge in [-0.05, 0) is 67.2 Å². The number of benzene rings is 2. The van der Waals surface area contributed by atoms with Crippen LogP contribution in [-0.2, 0) is 4.79 Å². The van der Waals surface area contributed by atoms with Crippen molar-refractivity contribution in [3.8, 4) is 11.3 Å². The highest BCUT2D eigenvalue weighted by Gasteiger charge is 2.22. The lowest BCUT2D eigenvalue weighted by molar-refractivity contribution is -0.131. The Morgan fingerprint density at radius 2 is 1.70 bits per heavy atom. The largest absolute Gasteiger partial charge is 0.451 e. The minimum atomic E-state index is -0.498. The normalized spacial score (nSPS) is 13.4. The molecule has 2 heterocycles. The summed E-state index contributed by atoms with van der Waals surface area (Å²) in [6.45, 7) is 4.77. The first kappa shape index (κ1) is 27.3. The summed E-state index contributed by atoms with van der Waals surface area (Å²) in [6.07, 6.45) is 1.43. The van der Waals surface area contributed by atoms with Gasteiger partial charge in [-0.15, -0.1) is 0 Å². The molecule has 1 aliphatic heterocycles. The Morgan fingerprint density at radius 3 is 2.38 bits per heavy atom. The van der Waals surface area contributed by atoms with E-state index in [1.807, 2.05) is 24.0 Å². The molecule has 2 N–H and O–H groups in total. The number of rotatable bonds is 6. The molecule has 0 aliphatic carbocycles. The smallest absolute Gasteiger partial charge is 0.293 e. The van der Waals surface area contributed by atoms with Crippen molar-refractivity contribution in [2.45, 2.75) is 19.8 Å². The topological polar surface area (TPSA) is 77.8 Å². The van der Waals surface area contributed by atoms with Gasteiger partial charge in [0.25, 0.3) is 5.91 Å². The van der Waals surface area contributed by atoms with Crippen molar-refractivity contribution in [3.05, 3.63) is 69.4 Å². The van der Waals surface area contributed by atoms with E-state index >= 15 is 0 Å². The predicted octanol–water partition coefficient (Wildman–Crippen LogP) is 6.48. The number of halogens is 3. The lowest BCUT2D eigenvalue weighted by atomic mass is 10.2. The van der Waals surface area contributed by atoms with Gasteiger partial charge in [-0.3, -0.25) is 14.9 Å². The number of hydrogen-bond acceptors (Lipinski definition) is 5. The van der Waals surface area contributed by atoms with Crippen LogP contribution in [0.25, 0.3) is 11.3 Å². The summed E-state index contributed by atoms with van der Waals surface area (Å²) in [5, 5.41) is 7.04. The lowest BCUT2D eigenvalue weighted by Crippen LogP contribution is -2.48. The number of carbonyl (C=O) groups excluding carboxylic acids is 2. The number of anilines is 2. The Morgan fingerprint density at radius 1 is 0.946 bits per heavy atom. The van der Waals surface area contributed by atoms with Gasteiger partial charge >= 0.3 is 0 Å². The molecule has 0 saturated carbocycles. The van der Waals surface area contributed by atoms with Crippen molar-refractivity contribution >= 4 is 75.3 Å². The molecule has 0 atom stereocenters. The summed E-state index contributed by atoms with van der Waals surface area (Å²) in [7, 11) is 0. The van der Waals surface area contributed by atoms with Crippen molar-refractivity contribution in [2.75, 3.05) is 36.4 Å². The minimum Gasteiger partial charge on any atom is -0.451 e. The van der Waals surface area contributed by atoms with Crippen molar-refractivity contribution in [1.82, 2.24) is 10.2 Å². The molecule has 7 nitrogen and oxygen atoms in total. The summed E-state index contributed by atoms with van der Waals surface area (Å²) < 4.78 is 5.66. The standard InChI is InChI=1S/C26H25Cl3N4O3S/c1-2-3-24(34)33-12-10-32(11-13-33)21-7-5-17(15-20(21)29)30-26(37)31-25(35)23-9-8-22(36-23)16-4-6-18(27)19(28)14-16/h4-9,14-15H,2-3,10-13H2,1H3,(H2,30,31,35,37). The molecule has 1 saturated heterocycles. The van der Waals surface area contributed by atoms with Crippen molar-refractivity contribution < 1.29 is 14.0 Å². The maximum Gasteiger partial charge on any atom is 0.293 e. The van der Waals surface area contributed by atoms with E-state index in [2.05, 4.69) is 15.5 Å². The van der Waals surface area contributed by atoms with Crippen LogP contribution in [0.15, 0.2) is 52.9 Å². The molecular formula is C26H25Cl3N4O3S. The predicted molar refractivity (Wildman–Crippen MR) is 153 cm³/mol. The van der Waals surface area contributed by atoms with Crippen LogP contribution in [0, 0.1) is 0 Å². The highest BCUT2D eigenvalue weighted by atomic mass is 35.5. The third-order valence-electron chi connectivity index (χ3n) is 5.90. The lowest BCUT2D eigenvalue weighted by Gasteiger charge is -2.36. The fourth-order valence-electron chi connectivity index (χ4n) is 4.00. The SMILES string of the molecule is CCCC(=O)N1CCN(c2ccc(NC(=S)NC(=O)c3ccc(-c4ccc(Cl)c(Cl)c4)o3)cc2Cl)CC1. The number of nitrogens with one attached hydrogen (secondary N) is 2. The summed E-state index contributed by atoms with van der Waals surface area (Å²) in [6, 6.07) is 13.8. The summed E-state index contributed by atoms with van der Waals surface area (Å²) in [4.78, 5) is 28.8. The van der Waals surface area contributed by atoms with E-state index in [-0.39, 0.29) is 16.8 Å². The Kier molecular flexibility index (Phi) is 8.97. The van der Waals surface area contributed by atoms with E-state index in [4.69, 9.17) is 51.4 Å². The maximum atomic E-state index is 12.6. The Balaban J connectivity index is 1.32. The number of furan rings is 1. The van der Waals surface area contributed by atoms with E-state index in [1.54, 1.807) is 36.4 Å². The fraction of sp³-hybridized carbons (Fsp3) is 0.269. The molecule has 3 aromatic rings. The summed E-state index contributed by atoms with van der Waals surface area (Å²) in [5.41, 5.74) is 2.21. The Labute approximate surface area is 235 Å². The minimum absolute atomic E-state index is 0.0927. The number of amides is 2. The molecule has 4 rings (SSSR count). The van der Waals surface area contributed by atoms with Crippen LogP contribution < -0.4 is 15.5 Å². The number of piperazine rings is 1. The number of thiocarbonyl (C=S) groups is 1. The van der Waals surface area contributed by atoms with Crippen LogP contribution in [0.1, 0.15) is 30.3 Å². The molecule has 0 unspecified atom stereocenters. The molecule has 0 radical (unpaired) electrons. The van der Waals surface area contributed by atoms with Gasteiger partial charge in [0.15, 0.2) is 10.9 Å². The van der Waals surface area contributed by atoms with Crippen LogP contribution >= 0.6 is 47.0 Å². The first-order valence-electron chi connectivity index (χ1n) is 11.7. The second-order valence-electron chi connectivity index (χ2n) is 8.49. The second kappa shape index (κ2) is 12.2. The van der Waals surface area contributed by atoms with Crippen LogP contribution in [0.5, 0.6) is 0 Å². The average Bonchev–Trinajstić information content (AvgIpc) is 3.37. The number of hydrogen-bond donors (Lipinski definition) is 2. The molecule has 2 aromatic carbocycles. The van der Waals surface area contributed by atoms with Gasteiger partial charge in [0.1, 0.15) is 5.76 Å². The third-order valence-corrected chi connectivity index (χ3v) is 7.15. The zero-order valence-electron chi connectivity index (χ0n) is 20.0. The van der Waals surface area contributed by atoms with Gasteiger partial charge in [0.05, 0.1) is 20.8 Å². The quantitative estimate of drug-likeness (QED) is 0.326. The highest BCUT2D eigenvalue weighted by molar-refractivity contribution is 7.80. The molecule has 1 fully saturated rings. The molecule has 2 amide bonds. The van der Waals surface area contributed by atoms with Crippen LogP contribution in [-0.4, -0.2) is 48.0 Å². The van der Waals surface area contributed by atoms with Gasteiger partial charge in [0, 0.05) is 43.9 Å². The zero-order chi connectivity index (χ0) is 26.5. The van der Waals surface area contributed by atoms with Crippen molar-refractivity contribution in [1.29, 1.82) is 0 Å². The number of nitrogens with zero attached hydrogens (tertiary/aromatic N) is 2. The maximum absolute atomic E-state index is 12.6. The Bertz CT molecular complexity index is 1320. The van der Waals surface area contributed by atoms with Crippen LogP contribution in [0.2, 0.25) is 15.1 Å². The fourth-order valence-corrected chi connectivity index (χ4v) is 4.81. The van der Waals surface area contributed by atoms with E-state index in [0.29, 0.717) is 64.7 Å². The van der Waals surface area contributed by atoms with Crippen LogP contribution in [0.3, 0.4) is 0 Å². The monoisotopic (exact) mass is 578 g/mol. The van der Waals surface area contributed by atoms with Gasteiger partial charge in [-0.25, -0.2) is 0 Å². The molecule has 0 bridgehead atoms. The molecule has 194 valence electrons. The van der Waals surface area contributed by atoms with E-state index in [1.165, 1.54) is 0 Å². The van der Waals surface area contributed by atoms with Gasteiger partial charge in [-0.1, -0.05) is 41.7 Å². The molecule has 1 aliphatic rings.